The Morgan fingerprint density at radius 1 is 0.972 bits per heavy atom. The first kappa shape index (κ1) is 24.6. The van der Waals surface area contributed by atoms with Crippen molar-refractivity contribution in [3.05, 3.63) is 82.7 Å². The van der Waals surface area contributed by atoms with Crippen molar-refractivity contribution in [1.82, 2.24) is 24.6 Å². The molecule has 9 heteroatoms. The fourth-order valence-electron chi connectivity index (χ4n) is 4.48. The molecule has 5 rings (SSSR count). The van der Waals surface area contributed by atoms with E-state index in [1.54, 1.807) is 12.3 Å². The number of piperazine rings is 1. The summed E-state index contributed by atoms with van der Waals surface area (Å²) in [4.78, 5) is 26.1. The van der Waals surface area contributed by atoms with Gasteiger partial charge < -0.3 is 10.2 Å². The molecule has 4 aromatic rings. The van der Waals surface area contributed by atoms with Crippen molar-refractivity contribution < 1.29 is 4.79 Å². The number of hydrogen-bond acceptors (Lipinski definition) is 5. The van der Waals surface area contributed by atoms with E-state index in [2.05, 4.69) is 25.1 Å². The molecule has 1 saturated heterocycles. The van der Waals surface area contributed by atoms with Crippen LogP contribution >= 0.6 is 23.2 Å². The van der Waals surface area contributed by atoms with E-state index in [4.69, 9.17) is 23.2 Å². The van der Waals surface area contributed by atoms with Crippen molar-refractivity contribution >= 4 is 40.6 Å². The number of carbonyl (C=O) groups is 1. The molecule has 0 radical (unpaired) electrons. The van der Waals surface area contributed by atoms with Crippen LogP contribution in [-0.4, -0.2) is 64.4 Å². The third kappa shape index (κ3) is 5.98. The predicted octanol–water partition coefficient (Wildman–Crippen LogP) is 5.04. The Balaban J connectivity index is 1.02. The molecule has 0 aliphatic carbocycles. The highest BCUT2D eigenvalue weighted by molar-refractivity contribution is 6.35. The number of unbranched alkanes of at least 4 members (excludes halogenated alkanes) is 1. The molecular formula is C27H28Cl2N6O. The normalized spacial score (nSPS) is 14.3. The van der Waals surface area contributed by atoms with E-state index < -0.39 is 0 Å². The van der Waals surface area contributed by atoms with Crippen LogP contribution in [0.1, 0.15) is 23.2 Å². The molecule has 1 N–H and O–H groups in total. The van der Waals surface area contributed by atoms with Gasteiger partial charge in [-0.15, -0.1) is 0 Å². The molecule has 0 atom stereocenters. The molecule has 0 spiro atoms. The van der Waals surface area contributed by atoms with Crippen LogP contribution in [0.15, 0.2) is 67.1 Å². The van der Waals surface area contributed by atoms with Crippen molar-refractivity contribution in [3.63, 3.8) is 0 Å². The van der Waals surface area contributed by atoms with Crippen LogP contribution in [-0.2, 0) is 0 Å². The van der Waals surface area contributed by atoms with Gasteiger partial charge in [-0.3, -0.25) is 14.1 Å². The maximum Gasteiger partial charge on any atom is 0.251 e. The number of anilines is 1. The van der Waals surface area contributed by atoms with Crippen LogP contribution in [0.4, 0.5) is 5.69 Å². The summed E-state index contributed by atoms with van der Waals surface area (Å²) in [7, 11) is 0. The molecule has 36 heavy (non-hydrogen) atoms. The number of amides is 1. The Kier molecular flexibility index (Phi) is 7.70. The monoisotopic (exact) mass is 522 g/mol. The fourth-order valence-corrected chi connectivity index (χ4v) is 4.99. The van der Waals surface area contributed by atoms with Crippen LogP contribution in [0, 0.1) is 0 Å². The van der Waals surface area contributed by atoms with Crippen molar-refractivity contribution in [1.29, 1.82) is 0 Å². The van der Waals surface area contributed by atoms with E-state index in [9.17, 15) is 4.79 Å². The summed E-state index contributed by atoms with van der Waals surface area (Å²) in [5.74, 6) is 0.606. The quantitative estimate of drug-likeness (QED) is 0.328. The number of aromatic nitrogens is 3. The molecule has 1 aliphatic heterocycles. The van der Waals surface area contributed by atoms with Gasteiger partial charge in [0.15, 0.2) is 0 Å². The van der Waals surface area contributed by atoms with E-state index in [0.29, 0.717) is 27.9 Å². The Morgan fingerprint density at radius 3 is 2.44 bits per heavy atom. The lowest BCUT2D eigenvalue weighted by atomic mass is 10.1. The molecule has 7 nitrogen and oxygen atoms in total. The topological polar surface area (TPSA) is 65.8 Å². The maximum absolute atomic E-state index is 12.5. The summed E-state index contributed by atoms with van der Waals surface area (Å²) in [5.41, 5.74) is 3.52. The number of nitrogens with zero attached hydrogens (tertiary/aromatic N) is 5. The van der Waals surface area contributed by atoms with Crippen LogP contribution in [0.2, 0.25) is 10.0 Å². The Morgan fingerprint density at radius 2 is 1.72 bits per heavy atom. The number of fused-ring (bicyclic) bond motifs is 1. The summed E-state index contributed by atoms with van der Waals surface area (Å²) in [5, 5.41) is 4.37. The number of nitrogens with one attached hydrogen (secondary N) is 1. The van der Waals surface area contributed by atoms with Crippen molar-refractivity contribution in [3.8, 4) is 11.3 Å². The molecule has 2 aromatic heterocycles. The molecule has 0 saturated carbocycles. The predicted molar refractivity (Wildman–Crippen MR) is 145 cm³/mol. The zero-order valence-corrected chi connectivity index (χ0v) is 21.4. The minimum atomic E-state index is -0.0491. The summed E-state index contributed by atoms with van der Waals surface area (Å²) < 4.78 is 1.88. The van der Waals surface area contributed by atoms with E-state index in [-0.39, 0.29) is 5.91 Å². The molecular weight excluding hydrogens is 495 g/mol. The minimum Gasteiger partial charge on any atom is -0.369 e. The highest BCUT2D eigenvalue weighted by atomic mass is 35.5. The first-order valence-corrected chi connectivity index (χ1v) is 12.9. The summed E-state index contributed by atoms with van der Waals surface area (Å²) in [6.07, 6.45) is 7.56. The largest absolute Gasteiger partial charge is 0.369 e. The van der Waals surface area contributed by atoms with Crippen molar-refractivity contribution in [2.75, 3.05) is 44.2 Å². The van der Waals surface area contributed by atoms with E-state index in [1.807, 2.05) is 59.3 Å². The lowest BCUT2D eigenvalue weighted by Gasteiger charge is -2.36. The second-order valence-electron chi connectivity index (χ2n) is 8.95. The summed E-state index contributed by atoms with van der Waals surface area (Å²) >= 11 is 12.3. The van der Waals surface area contributed by atoms with Gasteiger partial charge in [0, 0.05) is 78.2 Å². The molecule has 186 valence electrons. The van der Waals surface area contributed by atoms with E-state index in [1.165, 1.54) is 0 Å². The lowest BCUT2D eigenvalue weighted by molar-refractivity contribution is 0.0952. The Hall–Kier alpha value is -3.13. The summed E-state index contributed by atoms with van der Waals surface area (Å²) in [6, 6.07) is 15.1. The molecule has 1 fully saturated rings. The molecule has 3 heterocycles. The van der Waals surface area contributed by atoms with Crippen LogP contribution < -0.4 is 10.2 Å². The molecule has 2 aromatic carbocycles. The number of benzene rings is 2. The highest BCUT2D eigenvalue weighted by Gasteiger charge is 2.17. The van der Waals surface area contributed by atoms with Gasteiger partial charge in [0.2, 0.25) is 5.78 Å². The average Bonchev–Trinajstić information content (AvgIpc) is 3.33. The average molecular weight is 523 g/mol. The van der Waals surface area contributed by atoms with Crippen LogP contribution in [0.3, 0.4) is 0 Å². The Bertz CT molecular complexity index is 1280. The smallest absolute Gasteiger partial charge is 0.251 e. The Labute approximate surface area is 220 Å². The van der Waals surface area contributed by atoms with Crippen molar-refractivity contribution in [2.45, 2.75) is 12.8 Å². The second kappa shape index (κ2) is 11.3. The van der Waals surface area contributed by atoms with Crippen LogP contribution in [0.5, 0.6) is 0 Å². The van der Waals surface area contributed by atoms with Gasteiger partial charge in [-0.1, -0.05) is 35.3 Å². The van der Waals surface area contributed by atoms with Gasteiger partial charge in [-0.05, 0) is 55.8 Å². The maximum atomic E-state index is 12.5. The van der Waals surface area contributed by atoms with E-state index in [0.717, 1.165) is 62.5 Å². The molecule has 1 aliphatic rings. The first-order chi connectivity index (χ1) is 17.5. The molecule has 1 amide bonds. The van der Waals surface area contributed by atoms with Gasteiger partial charge in [0.25, 0.3) is 5.91 Å². The third-order valence-corrected chi connectivity index (χ3v) is 6.89. The SMILES string of the molecule is O=C(NCCCCN1CCN(c2cc(Cl)cc(Cl)c2)CC1)c1ccc(-c2cn3cccnc3n2)cc1. The van der Waals surface area contributed by atoms with E-state index >= 15 is 0 Å². The second-order valence-corrected chi connectivity index (χ2v) is 9.82. The standard InChI is InChI=1S/C27H28Cl2N6O/c28-22-16-23(29)18-24(17-22)34-14-12-33(13-15-34)10-2-1-8-30-26(36)21-6-4-20(5-7-21)25-19-35-11-3-9-31-27(35)32-25/h3-7,9,11,16-19H,1-2,8,10,12-15H2,(H,30,36). The van der Waals surface area contributed by atoms with Gasteiger partial charge in [-0.2, -0.15) is 0 Å². The van der Waals surface area contributed by atoms with Crippen LogP contribution in [0.25, 0.3) is 17.0 Å². The molecule has 0 bridgehead atoms. The highest BCUT2D eigenvalue weighted by Crippen LogP contribution is 2.26. The first-order valence-electron chi connectivity index (χ1n) is 12.2. The summed E-state index contributed by atoms with van der Waals surface area (Å²) in [6.45, 7) is 5.61. The number of rotatable bonds is 8. The number of carbonyl (C=O) groups excluding carboxylic acids is 1. The lowest BCUT2D eigenvalue weighted by Crippen LogP contribution is -2.46. The number of imidazole rings is 1. The molecule has 0 unspecified atom stereocenters. The van der Waals surface area contributed by atoms with Gasteiger partial charge in [-0.25, -0.2) is 9.97 Å². The zero-order valence-electron chi connectivity index (χ0n) is 19.9. The third-order valence-electron chi connectivity index (χ3n) is 6.45. The van der Waals surface area contributed by atoms with Gasteiger partial charge in [0.05, 0.1) is 5.69 Å². The van der Waals surface area contributed by atoms with Gasteiger partial charge >= 0.3 is 0 Å². The number of hydrogen-bond donors (Lipinski definition) is 1. The van der Waals surface area contributed by atoms with Crippen molar-refractivity contribution in [2.24, 2.45) is 0 Å². The minimum absolute atomic E-state index is 0.0491. The van der Waals surface area contributed by atoms with Gasteiger partial charge in [0.1, 0.15) is 0 Å². The fraction of sp³-hybridized carbons (Fsp3) is 0.296. The number of halogens is 2. The zero-order chi connectivity index (χ0) is 24.9.